The van der Waals surface area contributed by atoms with Crippen molar-refractivity contribution in [3.8, 4) is 0 Å². The van der Waals surface area contributed by atoms with Crippen molar-refractivity contribution in [2.45, 2.75) is 46.6 Å². The van der Waals surface area contributed by atoms with Crippen molar-refractivity contribution in [1.82, 2.24) is 5.32 Å². The lowest BCUT2D eigenvalue weighted by atomic mass is 10.2. The van der Waals surface area contributed by atoms with Gasteiger partial charge in [0, 0.05) is 12.6 Å². The average Bonchev–Trinajstić information content (AvgIpc) is 2.63. The summed E-state index contributed by atoms with van der Waals surface area (Å²) in [7, 11) is 0. The molecule has 1 saturated heterocycles. The van der Waals surface area contributed by atoms with E-state index < -0.39 is 0 Å². The van der Waals surface area contributed by atoms with Gasteiger partial charge in [-0.2, -0.15) is 0 Å². The fraction of sp³-hybridized carbons (Fsp3) is 1.00. The van der Waals surface area contributed by atoms with E-state index in [1.807, 2.05) is 27.7 Å². The summed E-state index contributed by atoms with van der Waals surface area (Å²) in [5.41, 5.74) is 5.37. The highest BCUT2D eigenvalue weighted by molar-refractivity contribution is 4.73. The normalized spacial score (nSPS) is 21.0. The Labute approximate surface area is 71.6 Å². The molecule has 0 amide bonds. The number of nitrogens with one attached hydrogen (secondary N) is 1. The van der Waals surface area contributed by atoms with Gasteiger partial charge in [-0.1, -0.05) is 27.7 Å². The van der Waals surface area contributed by atoms with Crippen molar-refractivity contribution in [2.24, 2.45) is 5.73 Å². The van der Waals surface area contributed by atoms with E-state index in [-0.39, 0.29) is 0 Å². The fourth-order valence-corrected chi connectivity index (χ4v) is 0.958. The first kappa shape index (κ1) is 13.5. The summed E-state index contributed by atoms with van der Waals surface area (Å²) >= 11 is 0. The highest BCUT2D eigenvalue weighted by Crippen LogP contribution is 2.01. The van der Waals surface area contributed by atoms with Gasteiger partial charge < -0.3 is 11.1 Å². The number of rotatable bonds is 1. The monoisotopic (exact) mass is 160 g/mol. The zero-order chi connectivity index (χ0) is 9.11. The molecule has 0 aromatic heterocycles. The lowest BCUT2D eigenvalue weighted by Gasteiger charge is -2.02. The van der Waals surface area contributed by atoms with E-state index in [0.717, 1.165) is 6.54 Å². The van der Waals surface area contributed by atoms with Gasteiger partial charge in [0.1, 0.15) is 0 Å². The van der Waals surface area contributed by atoms with Crippen molar-refractivity contribution >= 4 is 0 Å². The molecule has 0 bridgehead atoms. The Kier molecular flexibility index (Phi) is 15.4. The van der Waals surface area contributed by atoms with Gasteiger partial charge in [0.2, 0.25) is 0 Å². The zero-order valence-electron chi connectivity index (χ0n) is 8.48. The molecule has 0 saturated carbocycles. The molecule has 1 rings (SSSR count). The summed E-state index contributed by atoms with van der Waals surface area (Å²) in [6.07, 6.45) is 2.58. The molecule has 1 unspecified atom stereocenters. The molecule has 1 fully saturated rings. The quantitative estimate of drug-likeness (QED) is 0.613. The van der Waals surface area contributed by atoms with Crippen LogP contribution in [0.1, 0.15) is 40.5 Å². The maximum atomic E-state index is 5.37. The molecule has 0 aliphatic carbocycles. The zero-order valence-corrected chi connectivity index (χ0v) is 8.48. The minimum Gasteiger partial charge on any atom is -0.329 e. The van der Waals surface area contributed by atoms with Crippen LogP contribution in [0.2, 0.25) is 0 Å². The summed E-state index contributed by atoms with van der Waals surface area (Å²) in [5.74, 6) is 0. The molecule has 70 valence electrons. The minimum atomic E-state index is 0.625. The maximum absolute atomic E-state index is 5.37. The van der Waals surface area contributed by atoms with E-state index >= 15 is 0 Å². The molecule has 1 aliphatic heterocycles. The Balaban J connectivity index is 0. The predicted molar refractivity (Wildman–Crippen MR) is 52.8 cm³/mol. The van der Waals surface area contributed by atoms with Crippen LogP contribution in [-0.2, 0) is 0 Å². The maximum Gasteiger partial charge on any atom is 0.0190 e. The molecule has 1 heterocycles. The van der Waals surface area contributed by atoms with Crippen LogP contribution < -0.4 is 11.1 Å². The minimum absolute atomic E-state index is 0.625. The first-order valence-electron chi connectivity index (χ1n) is 4.87. The molecule has 0 spiro atoms. The summed E-state index contributed by atoms with van der Waals surface area (Å²) in [5, 5.41) is 3.28. The lowest BCUT2D eigenvalue weighted by molar-refractivity contribution is 0.616. The molecule has 11 heavy (non-hydrogen) atoms. The Hall–Kier alpha value is -0.0800. The van der Waals surface area contributed by atoms with Crippen LogP contribution in [0.3, 0.4) is 0 Å². The van der Waals surface area contributed by atoms with E-state index in [1.165, 1.54) is 19.4 Å². The van der Waals surface area contributed by atoms with Gasteiger partial charge >= 0.3 is 0 Å². The summed E-state index contributed by atoms with van der Waals surface area (Å²) in [4.78, 5) is 0. The second-order valence-electron chi connectivity index (χ2n) is 2.03. The molecule has 2 nitrogen and oxygen atoms in total. The van der Waals surface area contributed by atoms with Gasteiger partial charge in [-0.15, -0.1) is 0 Å². The third-order valence-electron chi connectivity index (χ3n) is 1.45. The van der Waals surface area contributed by atoms with Crippen molar-refractivity contribution < 1.29 is 0 Å². The van der Waals surface area contributed by atoms with Crippen molar-refractivity contribution in [2.75, 3.05) is 13.1 Å². The third kappa shape index (κ3) is 7.82. The van der Waals surface area contributed by atoms with Crippen molar-refractivity contribution in [1.29, 1.82) is 0 Å². The average molecular weight is 160 g/mol. The Morgan fingerprint density at radius 1 is 1.27 bits per heavy atom. The second kappa shape index (κ2) is 12.6. The molecule has 1 atom stereocenters. The summed E-state index contributed by atoms with van der Waals surface area (Å²) in [6, 6.07) is 0.625. The van der Waals surface area contributed by atoms with Crippen molar-refractivity contribution in [3.05, 3.63) is 0 Å². The Morgan fingerprint density at radius 3 is 2.00 bits per heavy atom. The van der Waals surface area contributed by atoms with Gasteiger partial charge in [-0.25, -0.2) is 0 Å². The molecule has 3 N–H and O–H groups in total. The van der Waals surface area contributed by atoms with Crippen LogP contribution in [-0.4, -0.2) is 19.1 Å². The van der Waals surface area contributed by atoms with Gasteiger partial charge in [-0.3, -0.25) is 0 Å². The van der Waals surface area contributed by atoms with E-state index in [0.29, 0.717) is 6.04 Å². The van der Waals surface area contributed by atoms with Gasteiger partial charge in [0.05, 0.1) is 0 Å². The van der Waals surface area contributed by atoms with E-state index in [4.69, 9.17) is 5.73 Å². The van der Waals surface area contributed by atoms with E-state index in [9.17, 15) is 0 Å². The highest BCUT2D eigenvalue weighted by Gasteiger charge is 2.09. The van der Waals surface area contributed by atoms with E-state index in [1.54, 1.807) is 0 Å². The molecular formula is C9H24N2. The largest absolute Gasteiger partial charge is 0.329 e. The van der Waals surface area contributed by atoms with Crippen LogP contribution in [0.25, 0.3) is 0 Å². The standard InChI is InChI=1S/C5H12N2.2C2H6/c6-4-5-2-1-3-7-5;2*1-2/h5,7H,1-4,6H2;2*1-2H3. The topological polar surface area (TPSA) is 38.0 Å². The van der Waals surface area contributed by atoms with E-state index in [2.05, 4.69) is 5.32 Å². The van der Waals surface area contributed by atoms with Crippen LogP contribution in [0, 0.1) is 0 Å². The number of nitrogens with two attached hydrogens (primary N) is 1. The smallest absolute Gasteiger partial charge is 0.0190 e. The van der Waals surface area contributed by atoms with Gasteiger partial charge in [0.25, 0.3) is 0 Å². The summed E-state index contributed by atoms with van der Waals surface area (Å²) in [6.45, 7) is 9.97. The van der Waals surface area contributed by atoms with Crippen LogP contribution in [0.4, 0.5) is 0 Å². The molecule has 0 radical (unpaired) electrons. The first-order chi connectivity index (χ1) is 5.43. The molecule has 1 aliphatic rings. The Bertz CT molecular complexity index is 49.5. The van der Waals surface area contributed by atoms with Crippen LogP contribution in [0.15, 0.2) is 0 Å². The van der Waals surface area contributed by atoms with Crippen LogP contribution in [0.5, 0.6) is 0 Å². The SMILES string of the molecule is CC.CC.NCC1CCCN1. The molecule has 2 heteroatoms. The Morgan fingerprint density at radius 2 is 1.82 bits per heavy atom. The molecule has 0 aromatic carbocycles. The third-order valence-corrected chi connectivity index (χ3v) is 1.45. The fourth-order valence-electron chi connectivity index (χ4n) is 0.958. The van der Waals surface area contributed by atoms with Crippen molar-refractivity contribution in [3.63, 3.8) is 0 Å². The van der Waals surface area contributed by atoms with Crippen LogP contribution >= 0.6 is 0 Å². The van der Waals surface area contributed by atoms with Gasteiger partial charge in [0.15, 0.2) is 0 Å². The first-order valence-corrected chi connectivity index (χ1v) is 4.87. The van der Waals surface area contributed by atoms with Gasteiger partial charge in [-0.05, 0) is 19.4 Å². The highest BCUT2D eigenvalue weighted by atomic mass is 15.0. The lowest BCUT2D eigenvalue weighted by Crippen LogP contribution is -2.29. The predicted octanol–water partition coefficient (Wildman–Crippen LogP) is 1.75. The number of hydrogen-bond donors (Lipinski definition) is 2. The molecular weight excluding hydrogens is 136 g/mol. The second-order valence-corrected chi connectivity index (χ2v) is 2.03. The molecule has 0 aromatic rings. The summed E-state index contributed by atoms with van der Waals surface area (Å²) < 4.78 is 0. The number of hydrogen-bond acceptors (Lipinski definition) is 2.